The number of hydrogen-bond acceptors (Lipinski definition) is 2. The van der Waals surface area contributed by atoms with Crippen molar-refractivity contribution in [2.24, 2.45) is 0 Å². The van der Waals surface area contributed by atoms with E-state index in [2.05, 4.69) is 15.3 Å². The summed E-state index contributed by atoms with van der Waals surface area (Å²) in [5.74, 6) is -1.58. The van der Waals surface area contributed by atoms with Crippen molar-refractivity contribution in [1.82, 2.24) is 15.3 Å². The molecule has 0 saturated carbocycles. The molecule has 2 N–H and O–H groups in total. The zero-order chi connectivity index (χ0) is 18.2. The van der Waals surface area contributed by atoms with Crippen molar-refractivity contribution >= 4 is 40.1 Å². The number of halogens is 5. The molecule has 3 aromatic rings. The van der Waals surface area contributed by atoms with Crippen LogP contribution in [0.2, 0.25) is 10.0 Å². The summed E-state index contributed by atoms with van der Waals surface area (Å²) in [7, 11) is 0. The van der Waals surface area contributed by atoms with Crippen molar-refractivity contribution in [3.63, 3.8) is 0 Å². The van der Waals surface area contributed by atoms with Crippen molar-refractivity contribution in [2.45, 2.75) is 12.7 Å². The average Bonchev–Trinajstić information content (AvgIpc) is 2.97. The molecule has 0 aliphatic heterocycles. The van der Waals surface area contributed by atoms with Crippen LogP contribution in [0, 0.1) is 0 Å². The van der Waals surface area contributed by atoms with Crippen LogP contribution in [0.3, 0.4) is 0 Å². The molecule has 1 amide bonds. The second kappa shape index (κ2) is 6.57. The number of carbonyl (C=O) groups is 1. The van der Waals surface area contributed by atoms with Crippen LogP contribution in [0.15, 0.2) is 36.4 Å². The van der Waals surface area contributed by atoms with Crippen LogP contribution < -0.4 is 5.32 Å². The van der Waals surface area contributed by atoms with Gasteiger partial charge in [-0.1, -0.05) is 29.3 Å². The van der Waals surface area contributed by atoms with Gasteiger partial charge in [0.15, 0.2) is 0 Å². The molecule has 0 fully saturated rings. The smallest absolute Gasteiger partial charge is 0.348 e. The minimum absolute atomic E-state index is 0.0894. The molecule has 0 atom stereocenters. The first kappa shape index (κ1) is 17.6. The summed E-state index contributed by atoms with van der Waals surface area (Å²) in [6.45, 7) is 0.0894. The molecule has 0 aliphatic rings. The third kappa shape index (κ3) is 3.72. The normalized spacial score (nSPS) is 11.7. The van der Waals surface area contributed by atoms with Gasteiger partial charge in [0.05, 0.1) is 11.0 Å². The maximum Gasteiger partial charge on any atom is 0.449 e. The third-order valence-electron chi connectivity index (χ3n) is 3.50. The number of rotatable bonds is 3. The predicted octanol–water partition coefficient (Wildman–Crippen LogP) is 4.82. The summed E-state index contributed by atoms with van der Waals surface area (Å²) in [5, 5.41) is 3.45. The fraction of sp³-hybridized carbons (Fsp3) is 0.125. The minimum Gasteiger partial charge on any atom is -0.348 e. The van der Waals surface area contributed by atoms with E-state index in [4.69, 9.17) is 23.2 Å². The van der Waals surface area contributed by atoms with Gasteiger partial charge in [-0.15, -0.1) is 0 Å². The molecule has 0 bridgehead atoms. The van der Waals surface area contributed by atoms with E-state index in [1.807, 2.05) is 0 Å². The van der Waals surface area contributed by atoms with Crippen molar-refractivity contribution in [3.8, 4) is 0 Å². The number of nitrogens with one attached hydrogen (secondary N) is 2. The first-order valence-corrected chi connectivity index (χ1v) is 7.79. The molecule has 0 spiro atoms. The van der Waals surface area contributed by atoms with E-state index >= 15 is 0 Å². The number of imidazole rings is 1. The number of carbonyl (C=O) groups excluding carboxylic acids is 1. The van der Waals surface area contributed by atoms with Crippen LogP contribution in [0.1, 0.15) is 21.7 Å². The Hall–Kier alpha value is -2.25. The Morgan fingerprint density at radius 1 is 1.16 bits per heavy atom. The SMILES string of the molecule is O=C(NCc1c(Cl)cccc1Cl)c1ccc2nc(C(F)(F)F)[nH]c2c1. The molecule has 9 heteroatoms. The Kier molecular flexibility index (Phi) is 4.62. The number of fused-ring (bicyclic) bond motifs is 1. The van der Waals surface area contributed by atoms with Crippen LogP contribution >= 0.6 is 23.2 Å². The number of benzene rings is 2. The number of H-pyrrole nitrogens is 1. The van der Waals surface area contributed by atoms with Gasteiger partial charge in [0, 0.05) is 27.7 Å². The van der Waals surface area contributed by atoms with E-state index < -0.39 is 17.9 Å². The second-order valence-electron chi connectivity index (χ2n) is 5.20. The number of nitrogens with zero attached hydrogens (tertiary/aromatic N) is 1. The molecule has 130 valence electrons. The van der Waals surface area contributed by atoms with Crippen molar-refractivity contribution in [3.05, 3.63) is 63.4 Å². The van der Waals surface area contributed by atoms with Gasteiger partial charge in [-0.05, 0) is 30.3 Å². The zero-order valence-corrected chi connectivity index (χ0v) is 13.9. The molecule has 1 heterocycles. The monoisotopic (exact) mass is 387 g/mol. The van der Waals surface area contributed by atoms with Crippen LogP contribution in [0.4, 0.5) is 13.2 Å². The highest BCUT2D eigenvalue weighted by molar-refractivity contribution is 6.36. The van der Waals surface area contributed by atoms with Crippen molar-refractivity contribution < 1.29 is 18.0 Å². The van der Waals surface area contributed by atoms with Crippen LogP contribution in [0.5, 0.6) is 0 Å². The molecule has 1 aromatic heterocycles. The highest BCUT2D eigenvalue weighted by Crippen LogP contribution is 2.29. The van der Waals surface area contributed by atoms with E-state index in [0.29, 0.717) is 15.6 Å². The standard InChI is InChI=1S/C16H10Cl2F3N3O/c17-10-2-1-3-11(18)9(10)7-22-14(25)8-4-5-12-13(6-8)24-15(23-12)16(19,20)21/h1-6H,7H2,(H,22,25)(H,23,24). The third-order valence-corrected chi connectivity index (χ3v) is 4.21. The maximum atomic E-state index is 12.7. The van der Waals surface area contributed by atoms with Crippen LogP contribution in [-0.2, 0) is 12.7 Å². The van der Waals surface area contributed by atoms with Gasteiger partial charge in [-0.25, -0.2) is 4.98 Å². The molecule has 0 radical (unpaired) electrons. The largest absolute Gasteiger partial charge is 0.449 e. The van der Waals surface area contributed by atoms with Crippen molar-refractivity contribution in [2.75, 3.05) is 0 Å². The molecule has 0 aliphatic carbocycles. The second-order valence-corrected chi connectivity index (χ2v) is 6.01. The molecule has 0 saturated heterocycles. The van der Waals surface area contributed by atoms with E-state index in [1.54, 1.807) is 18.2 Å². The lowest BCUT2D eigenvalue weighted by atomic mass is 10.1. The first-order chi connectivity index (χ1) is 11.8. The molecule has 3 rings (SSSR count). The number of aromatic amines is 1. The summed E-state index contributed by atoms with van der Waals surface area (Å²) in [6.07, 6.45) is -4.58. The Morgan fingerprint density at radius 3 is 2.48 bits per heavy atom. The lowest BCUT2D eigenvalue weighted by molar-refractivity contribution is -0.144. The Morgan fingerprint density at radius 2 is 1.84 bits per heavy atom. The highest BCUT2D eigenvalue weighted by atomic mass is 35.5. The topological polar surface area (TPSA) is 57.8 Å². The summed E-state index contributed by atoms with van der Waals surface area (Å²) >= 11 is 12.1. The number of amides is 1. The quantitative estimate of drug-likeness (QED) is 0.676. The molecule has 0 unspecified atom stereocenters. The Bertz CT molecular complexity index is 933. The molecular formula is C16H10Cl2F3N3O. The van der Waals surface area contributed by atoms with Gasteiger partial charge < -0.3 is 10.3 Å². The lowest BCUT2D eigenvalue weighted by Gasteiger charge is -2.09. The predicted molar refractivity (Wildman–Crippen MR) is 88.7 cm³/mol. The summed E-state index contributed by atoms with van der Waals surface area (Å²) < 4.78 is 38.0. The fourth-order valence-electron chi connectivity index (χ4n) is 2.26. The van der Waals surface area contributed by atoms with Gasteiger partial charge in [0.2, 0.25) is 5.82 Å². The van der Waals surface area contributed by atoms with Crippen LogP contribution in [-0.4, -0.2) is 15.9 Å². The van der Waals surface area contributed by atoms with E-state index in [-0.39, 0.29) is 23.1 Å². The summed E-state index contributed by atoms with van der Waals surface area (Å²) in [4.78, 5) is 17.9. The van der Waals surface area contributed by atoms with E-state index in [9.17, 15) is 18.0 Å². The van der Waals surface area contributed by atoms with Gasteiger partial charge >= 0.3 is 6.18 Å². The highest BCUT2D eigenvalue weighted by Gasteiger charge is 2.34. The lowest BCUT2D eigenvalue weighted by Crippen LogP contribution is -2.23. The number of alkyl halides is 3. The fourth-order valence-corrected chi connectivity index (χ4v) is 2.79. The van der Waals surface area contributed by atoms with E-state index in [0.717, 1.165) is 0 Å². The summed E-state index contributed by atoms with van der Waals surface area (Å²) in [5.41, 5.74) is 0.989. The van der Waals surface area contributed by atoms with Gasteiger partial charge in [-0.3, -0.25) is 4.79 Å². The van der Waals surface area contributed by atoms with Crippen LogP contribution in [0.25, 0.3) is 11.0 Å². The van der Waals surface area contributed by atoms with Gasteiger partial charge in [0.1, 0.15) is 0 Å². The molecule has 4 nitrogen and oxygen atoms in total. The van der Waals surface area contributed by atoms with E-state index in [1.165, 1.54) is 18.2 Å². The molecular weight excluding hydrogens is 378 g/mol. The minimum atomic E-state index is -4.58. The molecule has 25 heavy (non-hydrogen) atoms. The maximum absolute atomic E-state index is 12.7. The van der Waals surface area contributed by atoms with Gasteiger partial charge in [0.25, 0.3) is 5.91 Å². The molecule has 2 aromatic carbocycles. The first-order valence-electron chi connectivity index (χ1n) is 7.04. The number of aromatic nitrogens is 2. The average molecular weight is 388 g/mol. The Balaban J connectivity index is 1.80. The summed E-state index contributed by atoms with van der Waals surface area (Å²) in [6, 6.07) is 9.02. The van der Waals surface area contributed by atoms with Crippen molar-refractivity contribution in [1.29, 1.82) is 0 Å². The zero-order valence-electron chi connectivity index (χ0n) is 12.4. The van der Waals surface area contributed by atoms with Gasteiger partial charge in [-0.2, -0.15) is 13.2 Å². The Labute approximate surface area is 150 Å². The number of hydrogen-bond donors (Lipinski definition) is 2.